The average Bonchev–Trinajstić information content (AvgIpc) is 2.70. The predicted molar refractivity (Wildman–Crippen MR) is 72.6 cm³/mol. The number of anilines is 1. The van der Waals surface area contributed by atoms with Crippen LogP contribution in [0.5, 0.6) is 0 Å². The Morgan fingerprint density at radius 1 is 1.57 bits per heavy atom. The topological polar surface area (TPSA) is 93.9 Å². The quantitative estimate of drug-likeness (QED) is 0.867. The highest BCUT2D eigenvalue weighted by Gasteiger charge is 2.19. The first-order valence-electron chi connectivity index (χ1n) is 6.08. The molecule has 0 bridgehead atoms. The van der Waals surface area contributed by atoms with Crippen molar-refractivity contribution in [3.8, 4) is 6.07 Å². The number of nitriles is 1. The molecule has 0 spiro atoms. The highest BCUT2D eigenvalue weighted by atomic mass is 19.1. The highest BCUT2D eigenvalue weighted by Crippen LogP contribution is 2.18. The van der Waals surface area contributed by atoms with Gasteiger partial charge >= 0.3 is 5.97 Å². The van der Waals surface area contributed by atoms with E-state index < -0.39 is 11.8 Å². The van der Waals surface area contributed by atoms with Crippen molar-refractivity contribution in [1.29, 1.82) is 5.26 Å². The number of nitrogen functional groups attached to an aromatic ring is 1. The van der Waals surface area contributed by atoms with Gasteiger partial charge in [0.05, 0.1) is 23.0 Å². The highest BCUT2D eigenvalue weighted by molar-refractivity contribution is 5.93. The van der Waals surface area contributed by atoms with Gasteiger partial charge in [0.1, 0.15) is 12.4 Å². The minimum Gasteiger partial charge on any atom is -0.456 e. The monoisotopic (exact) mass is 288 g/mol. The van der Waals surface area contributed by atoms with Crippen molar-refractivity contribution in [2.75, 3.05) is 5.73 Å². The smallest absolute Gasteiger partial charge is 0.359 e. The summed E-state index contributed by atoms with van der Waals surface area (Å²) in [7, 11) is 1.57. The zero-order chi connectivity index (χ0) is 15.6. The van der Waals surface area contributed by atoms with E-state index in [1.54, 1.807) is 14.0 Å². The minimum atomic E-state index is -0.681. The lowest BCUT2D eigenvalue weighted by Crippen LogP contribution is -2.13. The number of aryl methyl sites for hydroxylation is 2. The zero-order valence-corrected chi connectivity index (χ0v) is 11.6. The van der Waals surface area contributed by atoms with Crippen LogP contribution in [0.15, 0.2) is 18.2 Å². The molecule has 2 rings (SSSR count). The van der Waals surface area contributed by atoms with E-state index in [4.69, 9.17) is 15.7 Å². The van der Waals surface area contributed by atoms with Gasteiger partial charge < -0.3 is 10.5 Å². The third-order valence-electron chi connectivity index (χ3n) is 3.00. The van der Waals surface area contributed by atoms with Crippen LogP contribution < -0.4 is 5.73 Å². The second kappa shape index (κ2) is 5.63. The predicted octanol–water partition coefficient (Wildman–Crippen LogP) is 1.68. The van der Waals surface area contributed by atoms with Crippen LogP contribution in [0.2, 0.25) is 0 Å². The van der Waals surface area contributed by atoms with Crippen LogP contribution in [0.25, 0.3) is 0 Å². The number of ether oxygens (including phenoxy) is 1. The summed E-state index contributed by atoms with van der Waals surface area (Å²) in [6.07, 6.45) is 0. The molecule has 2 aromatic rings. The van der Waals surface area contributed by atoms with Crippen molar-refractivity contribution in [3.63, 3.8) is 0 Å². The lowest BCUT2D eigenvalue weighted by atomic mass is 10.1. The molecule has 0 unspecified atom stereocenters. The number of hydrogen-bond donors (Lipinski definition) is 1. The normalized spacial score (nSPS) is 10.2. The molecule has 0 saturated carbocycles. The number of carbonyl (C=O) groups is 1. The second-order valence-corrected chi connectivity index (χ2v) is 4.47. The Morgan fingerprint density at radius 3 is 2.81 bits per heavy atom. The van der Waals surface area contributed by atoms with Crippen molar-refractivity contribution in [2.45, 2.75) is 13.5 Å². The molecule has 0 aliphatic carbocycles. The molecule has 108 valence electrons. The van der Waals surface area contributed by atoms with E-state index in [9.17, 15) is 9.18 Å². The summed E-state index contributed by atoms with van der Waals surface area (Å²) in [5.74, 6) is -1.28. The number of aromatic nitrogens is 2. The Bertz CT molecular complexity index is 746. The Labute approximate surface area is 120 Å². The maximum absolute atomic E-state index is 13.7. The zero-order valence-electron chi connectivity index (χ0n) is 11.6. The lowest BCUT2D eigenvalue weighted by molar-refractivity contribution is 0.0457. The first kappa shape index (κ1) is 14.5. The van der Waals surface area contributed by atoms with E-state index in [0.29, 0.717) is 5.69 Å². The summed E-state index contributed by atoms with van der Waals surface area (Å²) in [5, 5.41) is 12.7. The molecule has 6 nitrogen and oxygen atoms in total. The van der Waals surface area contributed by atoms with E-state index >= 15 is 0 Å². The molecular formula is C14H13FN4O2. The number of hydrogen-bond acceptors (Lipinski definition) is 5. The number of esters is 1. The van der Waals surface area contributed by atoms with Gasteiger partial charge in [0.25, 0.3) is 0 Å². The average molecular weight is 288 g/mol. The molecule has 0 aliphatic heterocycles. The summed E-state index contributed by atoms with van der Waals surface area (Å²) < 4.78 is 20.0. The molecule has 1 aromatic heterocycles. The third-order valence-corrected chi connectivity index (χ3v) is 3.00. The van der Waals surface area contributed by atoms with Crippen LogP contribution in [0.3, 0.4) is 0 Å². The van der Waals surface area contributed by atoms with Crippen LogP contribution in [-0.2, 0) is 18.4 Å². The van der Waals surface area contributed by atoms with Crippen molar-refractivity contribution < 1.29 is 13.9 Å². The number of benzene rings is 1. The molecule has 0 fully saturated rings. The number of nitrogens with zero attached hydrogens (tertiary/aromatic N) is 3. The van der Waals surface area contributed by atoms with E-state index in [2.05, 4.69) is 5.10 Å². The van der Waals surface area contributed by atoms with Gasteiger partial charge in [-0.25, -0.2) is 9.18 Å². The molecule has 0 radical (unpaired) electrons. The fraction of sp³-hybridized carbons (Fsp3) is 0.214. The molecule has 0 atom stereocenters. The van der Waals surface area contributed by atoms with Crippen molar-refractivity contribution in [3.05, 3.63) is 46.5 Å². The van der Waals surface area contributed by atoms with Gasteiger partial charge in [-0.2, -0.15) is 10.4 Å². The van der Waals surface area contributed by atoms with Gasteiger partial charge in [-0.1, -0.05) is 6.07 Å². The summed E-state index contributed by atoms with van der Waals surface area (Å²) >= 11 is 0. The molecule has 7 heteroatoms. The molecule has 2 N–H and O–H groups in total. The first-order valence-corrected chi connectivity index (χ1v) is 6.08. The molecule has 21 heavy (non-hydrogen) atoms. The van der Waals surface area contributed by atoms with Gasteiger partial charge in [0.2, 0.25) is 0 Å². The Hall–Kier alpha value is -2.88. The van der Waals surface area contributed by atoms with Crippen LogP contribution in [0, 0.1) is 24.1 Å². The maximum Gasteiger partial charge on any atom is 0.359 e. The van der Waals surface area contributed by atoms with Gasteiger partial charge in [0, 0.05) is 12.6 Å². The molecule has 0 aliphatic rings. The van der Waals surface area contributed by atoms with Crippen LogP contribution in [0.1, 0.15) is 27.3 Å². The SMILES string of the molecule is Cc1nn(C)c(C(=O)OCc2ccc(C#N)cc2F)c1N. The fourth-order valence-corrected chi connectivity index (χ4v) is 1.86. The Balaban J connectivity index is 2.13. The third kappa shape index (κ3) is 2.84. The summed E-state index contributed by atoms with van der Waals surface area (Å²) in [6, 6.07) is 5.77. The molecular weight excluding hydrogens is 275 g/mol. The van der Waals surface area contributed by atoms with Crippen molar-refractivity contribution in [2.24, 2.45) is 7.05 Å². The van der Waals surface area contributed by atoms with Gasteiger partial charge in [-0.05, 0) is 19.1 Å². The Kier molecular flexibility index (Phi) is 3.89. The Morgan fingerprint density at radius 2 is 2.29 bits per heavy atom. The fourth-order valence-electron chi connectivity index (χ4n) is 1.86. The van der Waals surface area contributed by atoms with Gasteiger partial charge in [-0.15, -0.1) is 0 Å². The number of nitrogens with two attached hydrogens (primary N) is 1. The molecule has 1 heterocycles. The summed E-state index contributed by atoms with van der Waals surface area (Å²) in [4.78, 5) is 12.0. The maximum atomic E-state index is 13.7. The van der Waals surface area contributed by atoms with Crippen molar-refractivity contribution in [1.82, 2.24) is 9.78 Å². The van der Waals surface area contributed by atoms with Gasteiger partial charge in [0.15, 0.2) is 5.69 Å². The molecule has 1 aromatic carbocycles. The van der Waals surface area contributed by atoms with Crippen LogP contribution in [-0.4, -0.2) is 15.7 Å². The summed E-state index contributed by atoms with van der Waals surface area (Å²) in [5.41, 5.74) is 7.02. The van der Waals surface area contributed by atoms with E-state index in [1.807, 2.05) is 6.07 Å². The molecule has 0 saturated heterocycles. The van der Waals surface area contributed by atoms with E-state index in [1.165, 1.54) is 16.8 Å². The minimum absolute atomic E-state index is 0.126. The standard InChI is InChI=1S/C14H13FN4O2/c1-8-12(17)13(19(2)18-8)14(20)21-7-10-4-3-9(6-16)5-11(10)15/h3-5H,7,17H2,1-2H3. The number of carbonyl (C=O) groups excluding carboxylic acids is 1. The second-order valence-electron chi connectivity index (χ2n) is 4.47. The van der Waals surface area contributed by atoms with Crippen molar-refractivity contribution >= 4 is 11.7 Å². The van der Waals surface area contributed by atoms with E-state index in [-0.39, 0.29) is 29.1 Å². The van der Waals surface area contributed by atoms with Crippen LogP contribution in [0.4, 0.5) is 10.1 Å². The van der Waals surface area contributed by atoms with E-state index in [0.717, 1.165) is 6.07 Å². The molecule has 0 amide bonds. The number of rotatable bonds is 3. The lowest BCUT2D eigenvalue weighted by Gasteiger charge is -2.07. The number of halogens is 1. The van der Waals surface area contributed by atoms with Crippen LogP contribution >= 0.6 is 0 Å². The largest absolute Gasteiger partial charge is 0.456 e. The summed E-state index contributed by atoms with van der Waals surface area (Å²) in [6.45, 7) is 1.42. The first-order chi connectivity index (χ1) is 9.93. The van der Waals surface area contributed by atoms with Gasteiger partial charge in [-0.3, -0.25) is 4.68 Å².